The van der Waals surface area contributed by atoms with Gasteiger partial charge >= 0.3 is 7.12 Å². The normalized spacial score (nSPS) is 25.5. The first-order valence-corrected chi connectivity index (χ1v) is 8.24. The lowest BCUT2D eigenvalue weighted by Crippen LogP contribution is -2.47. The molecule has 6 nitrogen and oxygen atoms in total. The molecule has 2 aliphatic rings. The molecular formula is C17H23BN2O4. The summed E-state index contributed by atoms with van der Waals surface area (Å²) in [5.41, 5.74) is 0.901. The molecule has 2 N–H and O–H groups in total. The molecule has 2 fully saturated rings. The molecule has 1 aromatic rings. The van der Waals surface area contributed by atoms with E-state index in [0.29, 0.717) is 12.8 Å². The first-order valence-electron chi connectivity index (χ1n) is 8.24. The van der Waals surface area contributed by atoms with E-state index in [4.69, 9.17) is 9.31 Å². The Morgan fingerprint density at radius 2 is 1.83 bits per heavy atom. The van der Waals surface area contributed by atoms with Gasteiger partial charge in [-0.05, 0) is 51.7 Å². The van der Waals surface area contributed by atoms with Crippen LogP contribution in [0.3, 0.4) is 0 Å². The van der Waals surface area contributed by atoms with Gasteiger partial charge in [-0.3, -0.25) is 14.9 Å². The number of amides is 2. The van der Waals surface area contributed by atoms with Crippen LogP contribution in [-0.4, -0.2) is 36.2 Å². The van der Waals surface area contributed by atoms with Gasteiger partial charge in [-0.25, -0.2) is 0 Å². The van der Waals surface area contributed by atoms with Crippen LogP contribution in [0.25, 0.3) is 0 Å². The summed E-state index contributed by atoms with van der Waals surface area (Å²) < 4.78 is 12.1. The highest BCUT2D eigenvalue weighted by molar-refractivity contribution is 6.62. The minimum Gasteiger partial charge on any atom is -0.399 e. The van der Waals surface area contributed by atoms with Gasteiger partial charge in [-0.15, -0.1) is 0 Å². The number of benzene rings is 1. The maximum absolute atomic E-state index is 11.9. The van der Waals surface area contributed by atoms with Gasteiger partial charge in [0.1, 0.15) is 6.04 Å². The fourth-order valence-corrected chi connectivity index (χ4v) is 2.79. The highest BCUT2D eigenvalue weighted by atomic mass is 16.7. The molecule has 3 rings (SSSR count). The zero-order valence-corrected chi connectivity index (χ0v) is 14.5. The number of carbonyl (C=O) groups excluding carboxylic acids is 2. The van der Waals surface area contributed by atoms with Crippen molar-refractivity contribution in [2.24, 2.45) is 0 Å². The predicted molar refractivity (Wildman–Crippen MR) is 92.0 cm³/mol. The number of anilines is 1. The van der Waals surface area contributed by atoms with Gasteiger partial charge in [0.25, 0.3) is 0 Å². The third kappa shape index (κ3) is 3.19. The Morgan fingerprint density at radius 1 is 1.17 bits per heavy atom. The van der Waals surface area contributed by atoms with Crippen molar-refractivity contribution >= 4 is 30.1 Å². The minimum absolute atomic E-state index is 0.219. The molecule has 0 aromatic heterocycles. The number of hydrogen-bond acceptors (Lipinski definition) is 5. The second-order valence-corrected chi connectivity index (χ2v) is 7.36. The Balaban J connectivity index is 1.74. The molecule has 0 radical (unpaired) electrons. The highest BCUT2D eigenvalue weighted by Gasteiger charge is 2.51. The minimum atomic E-state index is -0.446. The molecule has 2 heterocycles. The average molecular weight is 330 g/mol. The van der Waals surface area contributed by atoms with E-state index in [9.17, 15) is 9.59 Å². The first-order chi connectivity index (χ1) is 11.2. The molecule has 1 atom stereocenters. The van der Waals surface area contributed by atoms with Crippen LogP contribution >= 0.6 is 0 Å². The zero-order chi connectivity index (χ0) is 17.5. The van der Waals surface area contributed by atoms with E-state index in [1.165, 1.54) is 0 Å². The van der Waals surface area contributed by atoms with E-state index in [2.05, 4.69) is 10.6 Å². The number of piperidine rings is 1. The molecule has 1 unspecified atom stereocenters. The Labute approximate surface area is 142 Å². The van der Waals surface area contributed by atoms with Crippen molar-refractivity contribution in [3.63, 3.8) is 0 Å². The van der Waals surface area contributed by atoms with E-state index in [0.717, 1.165) is 11.2 Å². The Bertz CT molecular complexity index is 658. The van der Waals surface area contributed by atoms with Crippen LogP contribution in [0.15, 0.2) is 24.3 Å². The molecule has 0 bridgehead atoms. The summed E-state index contributed by atoms with van der Waals surface area (Å²) >= 11 is 0. The van der Waals surface area contributed by atoms with Crippen LogP contribution in [-0.2, 0) is 18.9 Å². The van der Waals surface area contributed by atoms with E-state index < -0.39 is 24.4 Å². The molecule has 0 saturated carbocycles. The number of imide groups is 1. The van der Waals surface area contributed by atoms with Crippen molar-refractivity contribution in [3.05, 3.63) is 24.3 Å². The number of nitrogens with one attached hydrogen (secondary N) is 2. The van der Waals surface area contributed by atoms with Gasteiger partial charge in [0.15, 0.2) is 0 Å². The van der Waals surface area contributed by atoms with Crippen molar-refractivity contribution in [2.75, 3.05) is 5.32 Å². The van der Waals surface area contributed by atoms with Crippen LogP contribution in [0, 0.1) is 0 Å². The molecule has 0 aliphatic carbocycles. The topological polar surface area (TPSA) is 76.7 Å². The molecule has 1 aromatic carbocycles. The lowest BCUT2D eigenvalue weighted by Gasteiger charge is -2.32. The monoisotopic (exact) mass is 330 g/mol. The van der Waals surface area contributed by atoms with Crippen LogP contribution in [0.2, 0.25) is 0 Å². The van der Waals surface area contributed by atoms with E-state index in [1.807, 2.05) is 52.0 Å². The molecule has 7 heteroatoms. The second-order valence-electron chi connectivity index (χ2n) is 7.36. The SMILES string of the molecule is CC1(C)OB(c2cccc(NC3CCC(=O)NC3=O)c2)OC1(C)C. The average Bonchev–Trinajstić information content (AvgIpc) is 2.71. The second kappa shape index (κ2) is 5.90. The lowest BCUT2D eigenvalue weighted by molar-refractivity contribution is -0.133. The first kappa shape index (κ1) is 17.0. The summed E-state index contributed by atoms with van der Waals surface area (Å²) in [4.78, 5) is 23.1. The summed E-state index contributed by atoms with van der Waals surface area (Å²) in [6, 6.07) is 7.24. The van der Waals surface area contributed by atoms with Crippen molar-refractivity contribution in [1.29, 1.82) is 0 Å². The molecule has 0 spiro atoms. The maximum Gasteiger partial charge on any atom is 0.494 e. The Kier molecular flexibility index (Phi) is 4.17. The third-order valence-electron chi connectivity index (χ3n) is 4.99. The van der Waals surface area contributed by atoms with Crippen molar-refractivity contribution in [3.8, 4) is 0 Å². The summed E-state index contributed by atoms with van der Waals surface area (Å²) in [5, 5.41) is 5.53. The quantitative estimate of drug-likeness (QED) is 0.643. The van der Waals surface area contributed by atoms with Gasteiger partial charge in [0.05, 0.1) is 11.2 Å². The molecule has 24 heavy (non-hydrogen) atoms. The number of rotatable bonds is 3. The largest absolute Gasteiger partial charge is 0.494 e. The van der Waals surface area contributed by atoms with E-state index >= 15 is 0 Å². The van der Waals surface area contributed by atoms with E-state index in [1.54, 1.807) is 0 Å². The third-order valence-corrected chi connectivity index (χ3v) is 4.99. The summed E-state index contributed by atoms with van der Waals surface area (Å²) in [7, 11) is -0.446. The van der Waals surface area contributed by atoms with Gasteiger partial charge in [-0.1, -0.05) is 12.1 Å². The van der Waals surface area contributed by atoms with Crippen molar-refractivity contribution in [1.82, 2.24) is 5.32 Å². The van der Waals surface area contributed by atoms with Gasteiger partial charge in [0.2, 0.25) is 11.8 Å². The smallest absolute Gasteiger partial charge is 0.399 e. The van der Waals surface area contributed by atoms with Gasteiger partial charge < -0.3 is 14.6 Å². The van der Waals surface area contributed by atoms with Gasteiger partial charge in [-0.2, -0.15) is 0 Å². The van der Waals surface area contributed by atoms with Crippen LogP contribution < -0.4 is 16.1 Å². The van der Waals surface area contributed by atoms with Gasteiger partial charge in [0, 0.05) is 12.1 Å². The predicted octanol–water partition coefficient (Wildman–Crippen LogP) is 1.20. The fraction of sp³-hybridized carbons (Fsp3) is 0.529. The Hall–Kier alpha value is -1.86. The molecule has 2 aliphatic heterocycles. The highest BCUT2D eigenvalue weighted by Crippen LogP contribution is 2.36. The maximum atomic E-state index is 11.9. The molecule has 2 amide bonds. The lowest BCUT2D eigenvalue weighted by atomic mass is 9.79. The summed E-state index contributed by atoms with van der Waals surface area (Å²) in [6.07, 6.45) is 0.839. The van der Waals surface area contributed by atoms with Crippen LogP contribution in [0.4, 0.5) is 5.69 Å². The van der Waals surface area contributed by atoms with E-state index in [-0.39, 0.29) is 11.8 Å². The fourth-order valence-electron chi connectivity index (χ4n) is 2.79. The summed E-state index contributed by atoms with van der Waals surface area (Å²) in [6.45, 7) is 8.05. The summed E-state index contributed by atoms with van der Waals surface area (Å²) in [5.74, 6) is -0.503. The number of hydrogen-bond donors (Lipinski definition) is 2. The molecular weight excluding hydrogens is 307 g/mol. The van der Waals surface area contributed by atoms with Crippen LogP contribution in [0.1, 0.15) is 40.5 Å². The zero-order valence-electron chi connectivity index (χ0n) is 14.5. The molecule has 2 saturated heterocycles. The molecule has 128 valence electrons. The van der Waals surface area contributed by atoms with Crippen molar-refractivity contribution in [2.45, 2.75) is 57.8 Å². The van der Waals surface area contributed by atoms with Crippen LogP contribution in [0.5, 0.6) is 0 Å². The standard InChI is InChI=1S/C17H23BN2O4/c1-16(2)17(3,4)24-18(23-16)11-6-5-7-12(10-11)19-13-8-9-14(21)20-15(13)22/h5-7,10,13,19H,8-9H2,1-4H3,(H,20,21,22). The Morgan fingerprint density at radius 3 is 2.46 bits per heavy atom. The van der Waals surface area contributed by atoms with Crippen molar-refractivity contribution < 1.29 is 18.9 Å². The number of carbonyl (C=O) groups is 2.